The van der Waals surface area contributed by atoms with E-state index in [9.17, 15) is 14.7 Å². The number of carbonyl (C=O) groups is 2. The van der Waals surface area contributed by atoms with E-state index in [2.05, 4.69) is 47.6 Å². The molecule has 6 rings (SSSR count). The van der Waals surface area contributed by atoms with Crippen molar-refractivity contribution in [2.24, 2.45) is 0 Å². The highest BCUT2D eigenvalue weighted by Crippen LogP contribution is 2.44. The van der Waals surface area contributed by atoms with Crippen LogP contribution in [0, 0.1) is 6.92 Å². The van der Waals surface area contributed by atoms with Gasteiger partial charge in [-0.2, -0.15) is 0 Å². The number of hydrogen-bond acceptors (Lipinski definition) is 3. The van der Waals surface area contributed by atoms with E-state index >= 15 is 0 Å². The zero-order valence-electron chi connectivity index (χ0n) is 21.5. The van der Waals surface area contributed by atoms with Crippen molar-refractivity contribution >= 4 is 23.0 Å². The molecule has 39 heavy (non-hydrogen) atoms. The lowest BCUT2D eigenvalue weighted by Gasteiger charge is -2.17. The summed E-state index contributed by atoms with van der Waals surface area (Å²) in [5.41, 5.74) is 9.61. The molecule has 0 fully saturated rings. The van der Waals surface area contributed by atoms with Gasteiger partial charge < -0.3 is 20.1 Å². The van der Waals surface area contributed by atoms with Crippen LogP contribution in [-0.4, -0.2) is 34.8 Å². The number of fused-ring (bicyclic) bond motifs is 4. The van der Waals surface area contributed by atoms with Crippen molar-refractivity contribution in [1.82, 2.24) is 10.3 Å². The summed E-state index contributed by atoms with van der Waals surface area (Å²) < 4.78 is 5.58. The number of nitrogens with one attached hydrogen (secondary N) is 2. The van der Waals surface area contributed by atoms with Crippen molar-refractivity contribution in [2.75, 3.05) is 6.61 Å². The van der Waals surface area contributed by atoms with Gasteiger partial charge in [-0.3, -0.25) is 0 Å². The van der Waals surface area contributed by atoms with Gasteiger partial charge in [-0.1, -0.05) is 84.9 Å². The number of benzene rings is 4. The van der Waals surface area contributed by atoms with E-state index in [1.54, 1.807) is 0 Å². The van der Waals surface area contributed by atoms with Crippen LogP contribution in [0.25, 0.3) is 33.2 Å². The van der Waals surface area contributed by atoms with Crippen LogP contribution in [0.4, 0.5) is 4.79 Å². The quantitative estimate of drug-likeness (QED) is 0.225. The van der Waals surface area contributed by atoms with Crippen LogP contribution in [0.15, 0.2) is 97.2 Å². The molecular formula is C33H28N2O4. The Kier molecular flexibility index (Phi) is 6.37. The third-order valence-electron chi connectivity index (χ3n) is 7.58. The van der Waals surface area contributed by atoms with E-state index < -0.39 is 18.1 Å². The number of amides is 1. The lowest BCUT2D eigenvalue weighted by atomic mass is 9.98. The number of carboxylic acids is 1. The number of carbonyl (C=O) groups excluding carboxylic acids is 1. The average Bonchev–Trinajstić information content (AvgIpc) is 3.50. The molecule has 0 saturated carbocycles. The first-order chi connectivity index (χ1) is 19.0. The molecule has 1 aromatic heterocycles. The third-order valence-corrected chi connectivity index (χ3v) is 7.58. The molecule has 6 nitrogen and oxygen atoms in total. The van der Waals surface area contributed by atoms with Gasteiger partial charge in [0.2, 0.25) is 0 Å². The monoisotopic (exact) mass is 516 g/mol. The maximum Gasteiger partial charge on any atom is 0.407 e. The number of carboxylic acid groups (broad SMARTS) is 1. The second kappa shape index (κ2) is 10.1. The number of aryl methyl sites for hydroxylation is 1. The van der Waals surface area contributed by atoms with Gasteiger partial charge in [0, 0.05) is 29.4 Å². The molecular weight excluding hydrogens is 488 g/mol. The van der Waals surface area contributed by atoms with Gasteiger partial charge in [0.1, 0.15) is 12.6 Å². The lowest BCUT2D eigenvalue weighted by Crippen LogP contribution is -2.42. The number of ether oxygens (including phenoxy) is 1. The van der Waals surface area contributed by atoms with Crippen LogP contribution < -0.4 is 5.32 Å². The maximum atomic E-state index is 12.8. The van der Waals surface area contributed by atoms with E-state index in [1.165, 1.54) is 5.56 Å². The first-order valence-corrected chi connectivity index (χ1v) is 13.0. The van der Waals surface area contributed by atoms with Crippen LogP contribution in [0.1, 0.15) is 28.2 Å². The SMILES string of the molecule is Cc1ccccc1-c1ccc2c(C[C@H](NC(=O)OCC3c4ccccc4-c4ccccc43)C(=O)O)c[nH]c2c1. The number of H-pyrrole nitrogens is 1. The number of hydrogen-bond donors (Lipinski definition) is 3. The summed E-state index contributed by atoms with van der Waals surface area (Å²) in [6.45, 7) is 2.20. The molecule has 1 amide bonds. The molecule has 1 atom stereocenters. The summed E-state index contributed by atoms with van der Waals surface area (Å²) in [5.74, 6) is -1.21. The summed E-state index contributed by atoms with van der Waals surface area (Å²) in [6.07, 6.45) is 1.19. The Labute approximate surface area is 226 Å². The molecule has 0 bridgehead atoms. The highest BCUT2D eigenvalue weighted by molar-refractivity contribution is 5.89. The zero-order valence-corrected chi connectivity index (χ0v) is 21.5. The molecule has 0 spiro atoms. The fourth-order valence-corrected chi connectivity index (χ4v) is 5.62. The molecule has 1 heterocycles. The van der Waals surface area contributed by atoms with E-state index in [0.717, 1.165) is 49.8 Å². The minimum atomic E-state index is -1.13. The largest absolute Gasteiger partial charge is 0.480 e. The van der Waals surface area contributed by atoms with Gasteiger partial charge >= 0.3 is 12.1 Å². The van der Waals surface area contributed by atoms with Crippen LogP contribution in [0.2, 0.25) is 0 Å². The summed E-state index contributed by atoms with van der Waals surface area (Å²) in [7, 11) is 0. The Hall–Kier alpha value is -4.84. The highest BCUT2D eigenvalue weighted by atomic mass is 16.5. The van der Waals surface area contributed by atoms with Gasteiger partial charge in [0.15, 0.2) is 0 Å². The molecule has 3 N–H and O–H groups in total. The molecule has 4 aromatic carbocycles. The Morgan fingerprint density at radius 2 is 1.54 bits per heavy atom. The minimum absolute atomic E-state index is 0.0949. The highest BCUT2D eigenvalue weighted by Gasteiger charge is 2.30. The Morgan fingerprint density at radius 3 is 2.21 bits per heavy atom. The molecule has 6 heteroatoms. The molecule has 0 aliphatic heterocycles. The molecule has 0 radical (unpaired) electrons. The normalized spacial score (nSPS) is 13.1. The first kappa shape index (κ1) is 24.5. The number of rotatable bonds is 7. The van der Waals surface area contributed by atoms with Gasteiger partial charge in [0.25, 0.3) is 0 Å². The van der Waals surface area contributed by atoms with Crippen LogP contribution in [-0.2, 0) is 16.0 Å². The van der Waals surface area contributed by atoms with Crippen molar-refractivity contribution in [3.8, 4) is 22.3 Å². The smallest absolute Gasteiger partial charge is 0.407 e. The first-order valence-electron chi connectivity index (χ1n) is 13.0. The summed E-state index contributed by atoms with van der Waals surface area (Å²) >= 11 is 0. The lowest BCUT2D eigenvalue weighted by molar-refractivity contribution is -0.139. The average molecular weight is 517 g/mol. The Morgan fingerprint density at radius 1 is 0.897 bits per heavy atom. The summed E-state index contributed by atoms with van der Waals surface area (Å²) in [6, 6.07) is 29.3. The fourth-order valence-electron chi connectivity index (χ4n) is 5.62. The molecule has 0 saturated heterocycles. The second-order valence-corrected chi connectivity index (χ2v) is 9.95. The van der Waals surface area contributed by atoms with Crippen LogP contribution >= 0.6 is 0 Å². The van der Waals surface area contributed by atoms with Crippen molar-refractivity contribution < 1.29 is 19.4 Å². The van der Waals surface area contributed by atoms with Crippen LogP contribution in [0.5, 0.6) is 0 Å². The van der Waals surface area contributed by atoms with Gasteiger partial charge in [-0.25, -0.2) is 9.59 Å². The third kappa shape index (κ3) is 4.66. The van der Waals surface area contributed by atoms with Crippen LogP contribution in [0.3, 0.4) is 0 Å². The van der Waals surface area contributed by atoms with Crippen molar-refractivity contribution in [3.05, 3.63) is 119 Å². The Bertz CT molecular complexity index is 1660. The van der Waals surface area contributed by atoms with Crippen molar-refractivity contribution in [1.29, 1.82) is 0 Å². The van der Waals surface area contributed by atoms with Crippen molar-refractivity contribution in [2.45, 2.75) is 25.3 Å². The molecule has 194 valence electrons. The van der Waals surface area contributed by atoms with E-state index in [-0.39, 0.29) is 18.9 Å². The molecule has 1 aliphatic carbocycles. The number of aromatic amines is 1. The second-order valence-electron chi connectivity index (χ2n) is 9.95. The predicted molar refractivity (Wildman–Crippen MR) is 152 cm³/mol. The van der Waals surface area contributed by atoms with Crippen molar-refractivity contribution in [3.63, 3.8) is 0 Å². The van der Waals surface area contributed by atoms with E-state index in [0.29, 0.717) is 0 Å². The standard InChI is InChI=1S/C33H28N2O4/c1-20-8-2-3-9-23(20)21-14-15-24-22(18-34-30(24)16-21)17-31(32(36)37)35-33(38)39-19-29-27-12-6-4-10-25(27)26-11-5-7-13-28(26)29/h2-16,18,29,31,34H,17,19H2,1H3,(H,35,38)(H,36,37)/t31-/m0/s1. The summed E-state index contributed by atoms with van der Waals surface area (Å²) in [4.78, 5) is 28.1. The van der Waals surface area contributed by atoms with E-state index in [4.69, 9.17) is 4.74 Å². The maximum absolute atomic E-state index is 12.8. The van der Waals surface area contributed by atoms with Gasteiger partial charge in [-0.15, -0.1) is 0 Å². The zero-order chi connectivity index (χ0) is 26.9. The van der Waals surface area contributed by atoms with Gasteiger partial charge in [0.05, 0.1) is 0 Å². The Balaban J connectivity index is 1.15. The molecule has 1 aliphatic rings. The molecule has 5 aromatic rings. The minimum Gasteiger partial charge on any atom is -0.480 e. The number of aromatic nitrogens is 1. The number of alkyl carbamates (subject to hydrolysis) is 1. The summed E-state index contributed by atoms with van der Waals surface area (Å²) in [5, 5.41) is 13.4. The van der Waals surface area contributed by atoms with E-state index in [1.807, 2.05) is 66.9 Å². The predicted octanol–water partition coefficient (Wildman–Crippen LogP) is 6.68. The topological polar surface area (TPSA) is 91.4 Å². The van der Waals surface area contributed by atoms with Gasteiger partial charge in [-0.05, 0) is 57.5 Å². The molecule has 0 unspecified atom stereocenters. The fraction of sp³-hybridized carbons (Fsp3) is 0.152. The number of aliphatic carboxylic acids is 1.